The van der Waals surface area contributed by atoms with Gasteiger partial charge < -0.3 is 29.8 Å². The molecule has 2 amide bonds. The number of amides is 2. The number of benzene rings is 2. The van der Waals surface area contributed by atoms with E-state index in [0.29, 0.717) is 11.5 Å². The molecule has 0 saturated carbocycles. The summed E-state index contributed by atoms with van der Waals surface area (Å²) in [5, 5.41) is 7.54. The van der Waals surface area contributed by atoms with Gasteiger partial charge in [0, 0.05) is 16.6 Å². The molecule has 7 nitrogen and oxygen atoms in total. The lowest BCUT2D eigenvalue weighted by molar-refractivity contribution is 0.227. The standard InChI is InChI=1S/C26H33N3O4/c1-15(2)24(16-9-12-22(32-4)23(13-16)33-5)29-26(30)28-21-8-6-7-18-19-14-17(31-3)10-11-20(19)27-25(18)21/h9-15,21,24,27H,6-8H2,1-5H3,(H2,28,29,30)/t21-,24+/m0/s1. The zero-order valence-corrected chi connectivity index (χ0v) is 20.0. The van der Waals surface area contributed by atoms with Crippen molar-refractivity contribution >= 4 is 16.9 Å². The number of H-pyrrole nitrogens is 1. The molecule has 0 fully saturated rings. The van der Waals surface area contributed by atoms with Crippen molar-refractivity contribution in [2.24, 2.45) is 5.92 Å². The van der Waals surface area contributed by atoms with Crippen LogP contribution >= 0.6 is 0 Å². The van der Waals surface area contributed by atoms with Crippen LogP contribution < -0.4 is 24.8 Å². The Kier molecular flexibility index (Phi) is 6.67. The van der Waals surface area contributed by atoms with Crippen molar-refractivity contribution in [1.82, 2.24) is 15.6 Å². The Labute approximate surface area is 194 Å². The molecule has 4 rings (SSSR count). The van der Waals surface area contributed by atoms with Gasteiger partial charge in [0.15, 0.2) is 11.5 Å². The highest BCUT2D eigenvalue weighted by molar-refractivity contribution is 5.87. The van der Waals surface area contributed by atoms with E-state index in [9.17, 15) is 4.79 Å². The number of aromatic nitrogens is 1. The van der Waals surface area contributed by atoms with E-state index in [1.807, 2.05) is 30.3 Å². The number of fused-ring (bicyclic) bond motifs is 3. The van der Waals surface area contributed by atoms with Crippen LogP contribution in [0, 0.1) is 5.92 Å². The molecular formula is C26H33N3O4. The van der Waals surface area contributed by atoms with E-state index < -0.39 is 0 Å². The minimum atomic E-state index is -0.183. The average Bonchev–Trinajstić information content (AvgIpc) is 3.20. The number of methoxy groups -OCH3 is 3. The van der Waals surface area contributed by atoms with Crippen molar-refractivity contribution < 1.29 is 19.0 Å². The molecule has 0 saturated heterocycles. The Balaban J connectivity index is 1.54. The average molecular weight is 452 g/mol. The molecule has 2 aromatic carbocycles. The summed E-state index contributed by atoms with van der Waals surface area (Å²) >= 11 is 0. The van der Waals surface area contributed by atoms with E-state index in [1.54, 1.807) is 21.3 Å². The van der Waals surface area contributed by atoms with Crippen molar-refractivity contribution in [3.8, 4) is 17.2 Å². The summed E-state index contributed by atoms with van der Waals surface area (Å²) in [4.78, 5) is 16.6. The second-order valence-corrected chi connectivity index (χ2v) is 8.83. The third-order valence-electron chi connectivity index (χ3n) is 6.44. The molecule has 33 heavy (non-hydrogen) atoms. The number of hydrogen-bond acceptors (Lipinski definition) is 4. The molecule has 1 aliphatic rings. The van der Waals surface area contributed by atoms with Gasteiger partial charge in [0.2, 0.25) is 0 Å². The number of carbonyl (C=O) groups excluding carboxylic acids is 1. The molecule has 0 radical (unpaired) electrons. The normalized spacial score (nSPS) is 16.2. The zero-order chi connectivity index (χ0) is 23.5. The summed E-state index contributed by atoms with van der Waals surface area (Å²) in [5.74, 6) is 2.34. The van der Waals surface area contributed by atoms with Crippen LogP contribution in [0.1, 0.15) is 55.6 Å². The first-order valence-electron chi connectivity index (χ1n) is 11.4. The minimum absolute atomic E-state index is 0.0645. The van der Waals surface area contributed by atoms with Gasteiger partial charge in [-0.15, -0.1) is 0 Å². The molecule has 2 atom stereocenters. The van der Waals surface area contributed by atoms with Gasteiger partial charge in [0.1, 0.15) is 5.75 Å². The van der Waals surface area contributed by atoms with Crippen molar-refractivity contribution in [2.75, 3.05) is 21.3 Å². The lowest BCUT2D eigenvalue weighted by atomic mass is 9.91. The fourth-order valence-electron chi connectivity index (χ4n) is 4.74. The molecule has 176 valence electrons. The van der Waals surface area contributed by atoms with Crippen molar-refractivity contribution in [1.29, 1.82) is 0 Å². The number of hydrogen-bond donors (Lipinski definition) is 3. The van der Waals surface area contributed by atoms with Crippen LogP contribution in [0.2, 0.25) is 0 Å². The SMILES string of the molecule is COc1ccc2[nH]c3c(c2c1)CCC[C@@H]3NC(=O)N[C@@H](c1ccc(OC)c(OC)c1)C(C)C. The number of carbonyl (C=O) groups is 1. The Hall–Kier alpha value is -3.35. The highest BCUT2D eigenvalue weighted by Crippen LogP contribution is 2.36. The van der Waals surface area contributed by atoms with Gasteiger partial charge in [-0.25, -0.2) is 4.79 Å². The van der Waals surface area contributed by atoms with E-state index >= 15 is 0 Å². The summed E-state index contributed by atoms with van der Waals surface area (Å²) in [7, 11) is 4.91. The molecule has 3 aromatic rings. The van der Waals surface area contributed by atoms with E-state index in [2.05, 4.69) is 35.5 Å². The predicted octanol–water partition coefficient (Wildman–Crippen LogP) is 5.27. The van der Waals surface area contributed by atoms with Crippen molar-refractivity contribution in [3.05, 3.63) is 53.2 Å². The molecule has 0 spiro atoms. The van der Waals surface area contributed by atoms with Crippen molar-refractivity contribution in [2.45, 2.75) is 45.2 Å². The highest BCUT2D eigenvalue weighted by Gasteiger charge is 2.27. The van der Waals surface area contributed by atoms with Gasteiger partial charge in [0.05, 0.1) is 33.4 Å². The quantitative estimate of drug-likeness (QED) is 0.457. The molecule has 1 aliphatic carbocycles. The smallest absolute Gasteiger partial charge is 0.315 e. The maximum Gasteiger partial charge on any atom is 0.315 e. The van der Waals surface area contributed by atoms with Crippen LogP contribution in [-0.4, -0.2) is 32.3 Å². The summed E-state index contributed by atoms with van der Waals surface area (Å²) in [6.07, 6.45) is 2.90. The molecule has 3 N–H and O–H groups in total. The molecule has 1 heterocycles. The lowest BCUT2D eigenvalue weighted by Gasteiger charge is -2.27. The third kappa shape index (κ3) is 4.58. The molecular weight excluding hydrogens is 418 g/mol. The summed E-state index contributed by atoms with van der Waals surface area (Å²) in [6, 6.07) is 11.4. The van der Waals surface area contributed by atoms with Crippen LogP contribution in [-0.2, 0) is 6.42 Å². The van der Waals surface area contributed by atoms with Crippen LogP contribution in [0.3, 0.4) is 0 Å². The van der Waals surface area contributed by atoms with Crippen LogP contribution in [0.5, 0.6) is 17.2 Å². The highest BCUT2D eigenvalue weighted by atomic mass is 16.5. The maximum absolute atomic E-state index is 13.1. The summed E-state index contributed by atoms with van der Waals surface area (Å²) in [5.41, 5.74) is 4.40. The second-order valence-electron chi connectivity index (χ2n) is 8.83. The van der Waals surface area contributed by atoms with Crippen LogP contribution in [0.25, 0.3) is 10.9 Å². The molecule has 0 aliphatic heterocycles. The van der Waals surface area contributed by atoms with Crippen LogP contribution in [0.4, 0.5) is 4.79 Å². The Morgan fingerprint density at radius 3 is 2.52 bits per heavy atom. The fraction of sp³-hybridized carbons (Fsp3) is 0.423. The fourth-order valence-corrected chi connectivity index (χ4v) is 4.74. The third-order valence-corrected chi connectivity index (χ3v) is 6.44. The number of rotatable bonds is 7. The summed E-state index contributed by atoms with van der Waals surface area (Å²) < 4.78 is 16.2. The van der Waals surface area contributed by atoms with Crippen LogP contribution in [0.15, 0.2) is 36.4 Å². The zero-order valence-electron chi connectivity index (χ0n) is 20.0. The topological polar surface area (TPSA) is 84.6 Å². The predicted molar refractivity (Wildman–Crippen MR) is 129 cm³/mol. The summed E-state index contributed by atoms with van der Waals surface area (Å²) in [6.45, 7) is 4.18. The van der Waals surface area contributed by atoms with Crippen molar-refractivity contribution in [3.63, 3.8) is 0 Å². The number of nitrogens with one attached hydrogen (secondary N) is 3. The van der Waals surface area contributed by atoms with E-state index in [1.165, 1.54) is 10.9 Å². The Bertz CT molecular complexity index is 1140. The van der Waals surface area contributed by atoms with E-state index in [0.717, 1.165) is 41.8 Å². The molecule has 1 aromatic heterocycles. The van der Waals surface area contributed by atoms with Gasteiger partial charge in [0.25, 0.3) is 0 Å². The van der Waals surface area contributed by atoms with Gasteiger partial charge in [-0.05, 0) is 66.6 Å². The largest absolute Gasteiger partial charge is 0.497 e. The molecule has 0 bridgehead atoms. The van der Waals surface area contributed by atoms with Gasteiger partial charge in [-0.3, -0.25) is 0 Å². The maximum atomic E-state index is 13.1. The lowest BCUT2D eigenvalue weighted by Crippen LogP contribution is -2.42. The Morgan fingerprint density at radius 2 is 1.82 bits per heavy atom. The second kappa shape index (κ2) is 9.65. The first kappa shape index (κ1) is 22.8. The number of aryl methyl sites for hydroxylation is 1. The number of ether oxygens (including phenoxy) is 3. The van der Waals surface area contributed by atoms with Gasteiger partial charge in [-0.2, -0.15) is 0 Å². The number of aromatic amines is 1. The molecule has 0 unspecified atom stereocenters. The number of urea groups is 1. The molecule has 7 heteroatoms. The van der Waals surface area contributed by atoms with Gasteiger partial charge >= 0.3 is 6.03 Å². The van der Waals surface area contributed by atoms with E-state index in [4.69, 9.17) is 14.2 Å². The Morgan fingerprint density at radius 1 is 1.03 bits per heavy atom. The van der Waals surface area contributed by atoms with E-state index in [-0.39, 0.29) is 24.0 Å². The first-order valence-corrected chi connectivity index (χ1v) is 11.4. The first-order chi connectivity index (χ1) is 15.9. The monoisotopic (exact) mass is 451 g/mol. The minimum Gasteiger partial charge on any atom is -0.497 e. The van der Waals surface area contributed by atoms with Gasteiger partial charge in [-0.1, -0.05) is 19.9 Å².